The lowest BCUT2D eigenvalue weighted by Gasteiger charge is -2.38. The Morgan fingerprint density at radius 2 is 1.78 bits per heavy atom. The molecule has 5 heterocycles. The maximum absolute atomic E-state index is 14.4. The zero-order valence-corrected chi connectivity index (χ0v) is 21.5. The number of nitrogens with one attached hydrogen (secondary N) is 1. The summed E-state index contributed by atoms with van der Waals surface area (Å²) in [6.07, 6.45) is 3.76. The predicted octanol–water partition coefficient (Wildman–Crippen LogP) is 4.93. The second-order valence-corrected chi connectivity index (χ2v) is 11.3. The van der Waals surface area contributed by atoms with E-state index in [1.807, 2.05) is 26.0 Å². The van der Waals surface area contributed by atoms with Crippen LogP contribution >= 0.6 is 0 Å². The summed E-state index contributed by atoms with van der Waals surface area (Å²) in [6.45, 7) is 10.3. The largest absolute Gasteiger partial charge is 0.356 e. The zero-order chi connectivity index (χ0) is 25.9. The first-order valence-corrected chi connectivity index (χ1v) is 12.7. The third-order valence-corrected chi connectivity index (χ3v) is 7.73. The summed E-state index contributed by atoms with van der Waals surface area (Å²) in [5.74, 6) is 1.34. The molecule has 1 fully saturated rings. The van der Waals surface area contributed by atoms with Gasteiger partial charge in [-0.15, -0.1) is 0 Å². The van der Waals surface area contributed by atoms with Gasteiger partial charge >= 0.3 is 0 Å². The molecule has 2 aliphatic heterocycles. The van der Waals surface area contributed by atoms with Crippen LogP contribution in [-0.4, -0.2) is 43.7 Å². The zero-order valence-electron chi connectivity index (χ0n) is 21.5. The molecule has 3 aromatic heterocycles. The van der Waals surface area contributed by atoms with Crippen molar-refractivity contribution >= 4 is 28.6 Å². The number of amides is 1. The lowest BCUT2D eigenvalue weighted by Crippen LogP contribution is -2.39. The third kappa shape index (κ3) is 3.93. The van der Waals surface area contributed by atoms with Crippen molar-refractivity contribution in [2.75, 3.05) is 23.3 Å². The quantitative estimate of drug-likeness (QED) is 0.428. The minimum absolute atomic E-state index is 0.0934. The summed E-state index contributed by atoms with van der Waals surface area (Å²) in [7, 11) is 0. The fourth-order valence-corrected chi connectivity index (χ4v) is 5.22. The van der Waals surface area contributed by atoms with Gasteiger partial charge < -0.3 is 10.2 Å². The van der Waals surface area contributed by atoms with Crippen LogP contribution in [0.25, 0.3) is 22.6 Å². The van der Waals surface area contributed by atoms with Gasteiger partial charge in [0.25, 0.3) is 0 Å². The first-order chi connectivity index (χ1) is 17.6. The molecule has 190 valence electrons. The lowest BCUT2D eigenvalue weighted by atomic mass is 9.82. The molecule has 1 saturated heterocycles. The molecule has 6 rings (SSSR count). The highest BCUT2D eigenvalue weighted by Crippen LogP contribution is 2.44. The van der Waals surface area contributed by atoms with Crippen LogP contribution in [0.3, 0.4) is 0 Å². The maximum atomic E-state index is 14.4. The molecule has 2 aliphatic rings. The molecule has 9 heteroatoms. The first kappa shape index (κ1) is 23.5. The summed E-state index contributed by atoms with van der Waals surface area (Å²) in [6, 6.07) is 10.4. The van der Waals surface area contributed by atoms with E-state index >= 15 is 0 Å². The van der Waals surface area contributed by atoms with Crippen molar-refractivity contribution in [2.24, 2.45) is 5.41 Å². The number of anilines is 2. The molecule has 0 radical (unpaired) electrons. The van der Waals surface area contributed by atoms with E-state index in [2.05, 4.69) is 29.0 Å². The van der Waals surface area contributed by atoms with Crippen molar-refractivity contribution in [1.29, 1.82) is 0 Å². The van der Waals surface area contributed by atoms with Crippen LogP contribution < -0.4 is 10.2 Å². The van der Waals surface area contributed by atoms with Gasteiger partial charge in [-0.3, -0.25) is 4.79 Å². The number of rotatable bonds is 4. The number of benzene rings is 1. The molecule has 0 saturated carbocycles. The van der Waals surface area contributed by atoms with Crippen molar-refractivity contribution in [3.05, 3.63) is 59.5 Å². The van der Waals surface area contributed by atoms with Gasteiger partial charge in [-0.25, -0.2) is 24.0 Å². The standard InChI is InChI=1S/C28H30FN7O/c1-27(2)11-14-35(15-12-27)25-20-22(33-26(37)28(20,3)4)31-23(32-25)21-18-9-7-13-30-24(18)36(34-21)16-17-8-5-6-10-19(17)29/h5-10,13H,11-12,14-16H2,1-4H3,(H,31,32,33,37). The van der Waals surface area contributed by atoms with E-state index in [1.165, 1.54) is 6.07 Å². The number of carbonyl (C=O) groups is 1. The SMILES string of the molecule is CC1(C)CCN(c2nc(-c3nn(Cc4ccccc4F)c4ncccc34)nc3c2C(C)(C)C(=O)N3)CC1. The molecule has 0 atom stereocenters. The van der Waals surface area contributed by atoms with Crippen molar-refractivity contribution < 1.29 is 9.18 Å². The van der Waals surface area contributed by atoms with Gasteiger partial charge in [0.05, 0.1) is 22.9 Å². The summed E-state index contributed by atoms with van der Waals surface area (Å²) in [4.78, 5) is 29.6. The molecule has 0 bridgehead atoms. The highest BCUT2D eigenvalue weighted by atomic mass is 19.1. The Morgan fingerprint density at radius 1 is 1.03 bits per heavy atom. The van der Waals surface area contributed by atoms with Crippen LogP contribution in [0.2, 0.25) is 0 Å². The highest BCUT2D eigenvalue weighted by Gasteiger charge is 2.44. The van der Waals surface area contributed by atoms with E-state index in [9.17, 15) is 9.18 Å². The van der Waals surface area contributed by atoms with Gasteiger partial charge in [0.1, 0.15) is 23.1 Å². The van der Waals surface area contributed by atoms with Crippen molar-refractivity contribution in [2.45, 2.75) is 52.5 Å². The molecule has 1 N–H and O–H groups in total. The second kappa shape index (κ2) is 8.33. The van der Waals surface area contributed by atoms with Gasteiger partial charge in [0, 0.05) is 24.8 Å². The number of carbonyl (C=O) groups excluding carboxylic acids is 1. The van der Waals surface area contributed by atoms with Crippen LogP contribution in [-0.2, 0) is 16.8 Å². The first-order valence-electron chi connectivity index (χ1n) is 12.7. The van der Waals surface area contributed by atoms with Gasteiger partial charge in [-0.1, -0.05) is 32.0 Å². The maximum Gasteiger partial charge on any atom is 0.235 e. The van der Waals surface area contributed by atoms with E-state index in [4.69, 9.17) is 15.1 Å². The van der Waals surface area contributed by atoms with Gasteiger partial charge in [-0.2, -0.15) is 5.10 Å². The molecular formula is C28H30FN7O. The summed E-state index contributed by atoms with van der Waals surface area (Å²) in [5, 5.41) is 8.57. The molecule has 8 nitrogen and oxygen atoms in total. The average molecular weight is 500 g/mol. The fraction of sp³-hybridized carbons (Fsp3) is 0.393. The van der Waals surface area contributed by atoms with Gasteiger partial charge in [0.2, 0.25) is 5.91 Å². The number of pyridine rings is 1. The Hall–Kier alpha value is -3.88. The number of fused-ring (bicyclic) bond motifs is 2. The topological polar surface area (TPSA) is 88.8 Å². The lowest BCUT2D eigenvalue weighted by molar-refractivity contribution is -0.119. The molecule has 0 unspecified atom stereocenters. The Labute approximate surface area is 214 Å². The van der Waals surface area contributed by atoms with Crippen LogP contribution in [0, 0.1) is 11.2 Å². The molecule has 1 aromatic carbocycles. The minimum Gasteiger partial charge on any atom is -0.356 e. The van der Waals surface area contributed by atoms with Gasteiger partial charge in [-0.05, 0) is 50.3 Å². The Balaban J connectivity index is 1.50. The fourth-order valence-electron chi connectivity index (χ4n) is 5.22. The van der Waals surface area contributed by atoms with Crippen LogP contribution in [0.4, 0.5) is 16.0 Å². The molecule has 0 aliphatic carbocycles. The van der Waals surface area contributed by atoms with Gasteiger partial charge in [0.15, 0.2) is 11.5 Å². The monoisotopic (exact) mass is 499 g/mol. The van der Waals surface area contributed by atoms with Crippen molar-refractivity contribution in [3.8, 4) is 11.5 Å². The Bertz CT molecular complexity index is 1530. The number of nitrogens with zero attached hydrogens (tertiary/aromatic N) is 6. The van der Waals surface area contributed by atoms with E-state index in [0.717, 1.165) is 42.7 Å². The summed E-state index contributed by atoms with van der Waals surface area (Å²) in [5.41, 5.74) is 2.05. The smallest absolute Gasteiger partial charge is 0.235 e. The predicted molar refractivity (Wildman–Crippen MR) is 141 cm³/mol. The number of aromatic nitrogens is 5. The Morgan fingerprint density at radius 3 is 2.54 bits per heavy atom. The molecule has 4 aromatic rings. The molecule has 37 heavy (non-hydrogen) atoms. The van der Waals surface area contributed by atoms with E-state index in [-0.39, 0.29) is 23.7 Å². The molecular weight excluding hydrogens is 469 g/mol. The summed E-state index contributed by atoms with van der Waals surface area (Å²) < 4.78 is 16.1. The van der Waals surface area contributed by atoms with Crippen LogP contribution in [0.15, 0.2) is 42.6 Å². The number of hydrogen-bond donors (Lipinski definition) is 1. The molecule has 0 spiro atoms. The number of piperidine rings is 1. The van der Waals surface area contributed by atoms with Crippen molar-refractivity contribution in [1.82, 2.24) is 24.7 Å². The van der Waals surface area contributed by atoms with Crippen LogP contribution in [0.1, 0.15) is 51.7 Å². The molecule has 1 amide bonds. The number of hydrogen-bond acceptors (Lipinski definition) is 6. The van der Waals surface area contributed by atoms with E-state index < -0.39 is 5.41 Å². The minimum atomic E-state index is -0.746. The number of halogens is 1. The summed E-state index contributed by atoms with van der Waals surface area (Å²) >= 11 is 0. The average Bonchev–Trinajstić information content (AvgIpc) is 3.34. The highest BCUT2D eigenvalue weighted by molar-refractivity contribution is 6.06. The van der Waals surface area contributed by atoms with Crippen molar-refractivity contribution in [3.63, 3.8) is 0 Å². The second-order valence-electron chi connectivity index (χ2n) is 11.3. The van der Waals surface area contributed by atoms with Crippen LogP contribution in [0.5, 0.6) is 0 Å². The normalized spacial score (nSPS) is 18.2. The van der Waals surface area contributed by atoms with E-state index in [1.54, 1.807) is 29.1 Å². The Kier molecular flexibility index (Phi) is 5.29. The third-order valence-electron chi connectivity index (χ3n) is 7.73. The van der Waals surface area contributed by atoms with E-state index in [0.29, 0.717) is 28.5 Å².